The minimum Gasteiger partial charge on any atom is -0.459 e. The molecule has 39 heavy (non-hydrogen) atoms. The van der Waals surface area contributed by atoms with Crippen molar-refractivity contribution in [3.05, 3.63) is 83.4 Å². The first-order valence-corrected chi connectivity index (χ1v) is 12.5. The Morgan fingerprint density at radius 2 is 1.90 bits per heavy atom. The topological polar surface area (TPSA) is 114 Å². The number of pyridine rings is 2. The molecule has 0 spiro atoms. The summed E-state index contributed by atoms with van der Waals surface area (Å²) in [7, 11) is 0. The van der Waals surface area contributed by atoms with E-state index in [1.165, 1.54) is 17.2 Å². The molecule has 3 N–H and O–H groups in total. The van der Waals surface area contributed by atoms with Gasteiger partial charge in [-0.2, -0.15) is 0 Å². The van der Waals surface area contributed by atoms with Gasteiger partial charge in [-0.15, -0.1) is 0 Å². The summed E-state index contributed by atoms with van der Waals surface area (Å²) in [6.07, 6.45) is 5.48. The number of hydrogen-bond acceptors (Lipinski definition) is 6. The van der Waals surface area contributed by atoms with Crippen LogP contribution in [0.4, 0.5) is 14.6 Å². The zero-order chi connectivity index (χ0) is 27.6. The number of nitrogens with two attached hydrogens (primary N) is 1. The molecule has 0 aliphatic carbocycles. The van der Waals surface area contributed by atoms with Crippen LogP contribution < -0.4 is 11.1 Å². The monoisotopic (exact) mass is 531 g/mol. The number of halogens is 2. The zero-order valence-corrected chi connectivity index (χ0v) is 21.3. The summed E-state index contributed by atoms with van der Waals surface area (Å²) in [5, 5.41) is 3.64. The number of benzene rings is 1. The van der Waals surface area contributed by atoms with E-state index in [2.05, 4.69) is 15.3 Å². The molecule has 1 aromatic carbocycles. The Labute approximate surface area is 223 Å². The first-order chi connectivity index (χ1) is 18.7. The van der Waals surface area contributed by atoms with Crippen LogP contribution in [0, 0.1) is 6.92 Å². The Balaban J connectivity index is 1.24. The second-order valence-corrected chi connectivity index (χ2v) is 9.57. The van der Waals surface area contributed by atoms with E-state index < -0.39 is 5.92 Å². The Morgan fingerprint density at radius 1 is 1.10 bits per heavy atom. The Hall–Kier alpha value is -4.60. The van der Waals surface area contributed by atoms with E-state index in [9.17, 15) is 18.4 Å². The maximum Gasteiger partial charge on any atom is 0.255 e. The number of likely N-dealkylation sites (tertiary alicyclic amines) is 1. The fraction of sp³-hybridized carbons (Fsp3) is 0.241. The fourth-order valence-corrected chi connectivity index (χ4v) is 4.43. The number of carbonyl (C=O) groups excluding carboxylic acids is 2. The van der Waals surface area contributed by atoms with Crippen LogP contribution in [0.15, 0.2) is 65.4 Å². The molecule has 1 aliphatic rings. The molecule has 200 valence electrons. The largest absolute Gasteiger partial charge is 0.459 e. The second kappa shape index (κ2) is 10.6. The van der Waals surface area contributed by atoms with Crippen LogP contribution in [0.2, 0.25) is 0 Å². The number of nitrogens with zero attached hydrogens (tertiary/aromatic N) is 3. The molecular weight excluding hydrogens is 504 g/mol. The number of nitrogens with one attached hydrogen (secondary N) is 1. The molecule has 4 aromatic rings. The summed E-state index contributed by atoms with van der Waals surface area (Å²) in [5.41, 5.74) is 9.84. The van der Waals surface area contributed by atoms with Crippen LogP contribution in [-0.2, 0) is 11.3 Å². The van der Waals surface area contributed by atoms with E-state index in [0.717, 1.165) is 22.1 Å². The van der Waals surface area contributed by atoms with Crippen LogP contribution in [0.3, 0.4) is 0 Å². The molecule has 1 aliphatic heterocycles. The first-order valence-electron chi connectivity index (χ1n) is 12.5. The Kier molecular flexibility index (Phi) is 7.10. The highest BCUT2D eigenvalue weighted by Crippen LogP contribution is 2.31. The zero-order valence-electron chi connectivity index (χ0n) is 21.3. The maximum atomic E-state index is 13.4. The number of furan rings is 1. The van der Waals surface area contributed by atoms with Gasteiger partial charge in [-0.05, 0) is 66.6 Å². The first kappa shape index (κ1) is 26.0. The molecule has 1 fully saturated rings. The van der Waals surface area contributed by atoms with Crippen molar-refractivity contribution in [2.24, 2.45) is 0 Å². The van der Waals surface area contributed by atoms with Crippen molar-refractivity contribution in [2.45, 2.75) is 32.2 Å². The third-order valence-electron chi connectivity index (χ3n) is 6.66. The molecule has 0 unspecified atom stereocenters. The third-order valence-corrected chi connectivity index (χ3v) is 6.66. The number of rotatable bonds is 6. The quantitative estimate of drug-likeness (QED) is 0.339. The van der Waals surface area contributed by atoms with Gasteiger partial charge < -0.3 is 20.4 Å². The fourth-order valence-electron chi connectivity index (χ4n) is 4.43. The molecule has 3 aromatic heterocycles. The van der Waals surface area contributed by atoms with Gasteiger partial charge in [-0.1, -0.05) is 0 Å². The van der Waals surface area contributed by atoms with E-state index in [-0.39, 0.29) is 44.3 Å². The molecule has 5 rings (SSSR count). The summed E-state index contributed by atoms with van der Waals surface area (Å²) < 4.78 is 32.8. The minimum atomic E-state index is -2.71. The molecule has 1 saturated heterocycles. The average molecular weight is 532 g/mol. The van der Waals surface area contributed by atoms with Gasteiger partial charge in [0.05, 0.1) is 17.8 Å². The summed E-state index contributed by atoms with van der Waals surface area (Å²) in [6.45, 7) is 2.21. The lowest BCUT2D eigenvalue weighted by Crippen LogP contribution is -2.42. The highest BCUT2D eigenvalue weighted by Gasteiger charge is 2.35. The van der Waals surface area contributed by atoms with Crippen LogP contribution >= 0.6 is 0 Å². The minimum absolute atomic E-state index is 0.0307. The average Bonchev–Trinajstić information content (AvgIpc) is 3.32. The van der Waals surface area contributed by atoms with Gasteiger partial charge >= 0.3 is 0 Å². The van der Waals surface area contributed by atoms with E-state index >= 15 is 0 Å². The normalized spacial score (nSPS) is 15.1. The lowest BCUT2D eigenvalue weighted by atomic mass is 10.0. The number of aromatic nitrogens is 2. The third kappa shape index (κ3) is 6.11. The van der Waals surface area contributed by atoms with Crippen molar-refractivity contribution in [1.29, 1.82) is 0 Å². The predicted molar refractivity (Wildman–Crippen MR) is 144 cm³/mol. The number of amides is 2. The standard InChI is InChI=1S/C29H27F2N5O3/c1-18-12-25-21(13-22(39-25)17-35-27(37)7-3-19-2-6-26(32)34-15-19)14-23(18)24-5-4-20(16-33-24)28(38)36-10-8-29(30,31)9-11-36/h2-7,12-16H,8-11,17H2,1H3,(H2,32,34)(H,35,37)/b7-3+. The van der Waals surface area contributed by atoms with E-state index in [4.69, 9.17) is 10.2 Å². The van der Waals surface area contributed by atoms with Crippen LogP contribution in [0.5, 0.6) is 0 Å². The maximum absolute atomic E-state index is 13.4. The number of fused-ring (bicyclic) bond motifs is 1. The molecule has 0 atom stereocenters. The van der Waals surface area contributed by atoms with Gasteiger partial charge in [-0.3, -0.25) is 14.6 Å². The lowest BCUT2D eigenvalue weighted by Gasteiger charge is -2.31. The lowest BCUT2D eigenvalue weighted by molar-refractivity contribution is -0.116. The van der Waals surface area contributed by atoms with Crippen molar-refractivity contribution in [2.75, 3.05) is 18.8 Å². The van der Waals surface area contributed by atoms with Crippen molar-refractivity contribution in [1.82, 2.24) is 20.2 Å². The van der Waals surface area contributed by atoms with Crippen molar-refractivity contribution >= 4 is 34.7 Å². The molecule has 4 heterocycles. The van der Waals surface area contributed by atoms with Crippen LogP contribution in [0.25, 0.3) is 28.3 Å². The van der Waals surface area contributed by atoms with E-state index in [1.807, 2.05) is 25.1 Å². The summed E-state index contributed by atoms with van der Waals surface area (Å²) in [5.74, 6) is -2.27. The molecule has 8 nitrogen and oxygen atoms in total. The van der Waals surface area contributed by atoms with Gasteiger partial charge in [0, 0.05) is 55.4 Å². The highest BCUT2D eigenvalue weighted by molar-refractivity contribution is 5.94. The Bertz CT molecular complexity index is 1540. The number of nitrogen functional groups attached to an aromatic ring is 1. The van der Waals surface area contributed by atoms with Crippen LogP contribution in [0.1, 0.15) is 40.1 Å². The highest BCUT2D eigenvalue weighted by atomic mass is 19.3. The summed E-state index contributed by atoms with van der Waals surface area (Å²) in [6, 6.07) is 12.6. The van der Waals surface area contributed by atoms with Crippen LogP contribution in [-0.4, -0.2) is 45.7 Å². The number of aryl methyl sites for hydroxylation is 1. The number of carbonyl (C=O) groups is 2. The van der Waals surface area contributed by atoms with Gasteiger partial charge in [0.2, 0.25) is 5.91 Å². The van der Waals surface area contributed by atoms with Gasteiger partial charge in [0.1, 0.15) is 17.2 Å². The SMILES string of the molecule is Cc1cc2oc(CNC(=O)/C=C/c3ccc(N)nc3)cc2cc1-c1ccc(C(=O)N2CCC(F)(F)CC2)cn1. The van der Waals surface area contributed by atoms with Crippen molar-refractivity contribution in [3.8, 4) is 11.3 Å². The molecular formula is C29H27F2N5O3. The molecule has 0 bridgehead atoms. The van der Waals surface area contributed by atoms with Gasteiger partial charge in [0.25, 0.3) is 11.8 Å². The number of hydrogen-bond donors (Lipinski definition) is 2. The smallest absolute Gasteiger partial charge is 0.255 e. The van der Waals surface area contributed by atoms with Crippen molar-refractivity contribution in [3.63, 3.8) is 0 Å². The van der Waals surface area contributed by atoms with Crippen molar-refractivity contribution < 1.29 is 22.8 Å². The van der Waals surface area contributed by atoms with Gasteiger partial charge in [-0.25, -0.2) is 13.8 Å². The van der Waals surface area contributed by atoms with Gasteiger partial charge in [0.15, 0.2) is 0 Å². The summed E-state index contributed by atoms with van der Waals surface area (Å²) >= 11 is 0. The second-order valence-electron chi connectivity index (χ2n) is 9.57. The number of piperidine rings is 1. The molecule has 10 heteroatoms. The number of alkyl halides is 2. The molecule has 0 saturated carbocycles. The predicted octanol–water partition coefficient (Wildman–Crippen LogP) is 4.98. The number of anilines is 1. The van der Waals surface area contributed by atoms with E-state index in [0.29, 0.717) is 28.4 Å². The summed E-state index contributed by atoms with van der Waals surface area (Å²) in [4.78, 5) is 34.8. The van der Waals surface area contributed by atoms with E-state index in [1.54, 1.807) is 36.5 Å². The molecule has 0 radical (unpaired) electrons. The Morgan fingerprint density at radius 3 is 2.59 bits per heavy atom. The molecule has 2 amide bonds.